The van der Waals surface area contributed by atoms with E-state index in [1.165, 1.54) is 0 Å². The van der Waals surface area contributed by atoms with Crippen molar-refractivity contribution in [1.29, 1.82) is 0 Å². The van der Waals surface area contributed by atoms with Crippen LogP contribution in [0.2, 0.25) is 0 Å². The van der Waals surface area contributed by atoms with E-state index >= 15 is 0 Å². The second-order valence-electron chi connectivity index (χ2n) is 3.86. The van der Waals surface area contributed by atoms with Gasteiger partial charge in [0.15, 0.2) is 0 Å². The number of aliphatic carboxylic acids is 1. The van der Waals surface area contributed by atoms with Gasteiger partial charge in [0.1, 0.15) is 6.54 Å². The molecule has 0 spiro atoms. The lowest BCUT2D eigenvalue weighted by Gasteiger charge is -2.09. The smallest absolute Gasteiger partial charge is 0.323 e. The largest absolute Gasteiger partial charge is 0.480 e. The van der Waals surface area contributed by atoms with E-state index in [1.807, 2.05) is 32.0 Å². The molecule has 5 nitrogen and oxygen atoms in total. The van der Waals surface area contributed by atoms with Crippen LogP contribution >= 0.6 is 0 Å². The van der Waals surface area contributed by atoms with Crippen LogP contribution in [-0.2, 0) is 11.3 Å². The number of aryl methyl sites for hydroxylation is 2. The lowest BCUT2D eigenvalue weighted by Crippen LogP contribution is -2.38. The number of amides is 2. The molecule has 0 atom stereocenters. The van der Waals surface area contributed by atoms with Gasteiger partial charge in [0.2, 0.25) is 0 Å². The lowest BCUT2D eigenvalue weighted by atomic mass is 10.1. The summed E-state index contributed by atoms with van der Waals surface area (Å²) in [5, 5.41) is 13.2. The summed E-state index contributed by atoms with van der Waals surface area (Å²) < 4.78 is 0. The van der Waals surface area contributed by atoms with Gasteiger partial charge in [-0.15, -0.1) is 0 Å². The molecule has 0 unspecified atom stereocenters. The van der Waals surface area contributed by atoms with Crippen LogP contribution in [0.1, 0.15) is 16.7 Å². The van der Waals surface area contributed by atoms with Gasteiger partial charge in [-0.05, 0) is 25.0 Å². The Hall–Kier alpha value is -2.04. The molecule has 5 heteroatoms. The molecular formula is C12H16N2O3. The van der Waals surface area contributed by atoms with Crippen LogP contribution in [0.5, 0.6) is 0 Å². The Morgan fingerprint density at radius 2 is 1.94 bits per heavy atom. The average molecular weight is 236 g/mol. The third-order valence-electron chi connectivity index (χ3n) is 2.34. The maximum Gasteiger partial charge on any atom is 0.323 e. The Kier molecular flexibility index (Phi) is 4.51. The molecule has 0 aliphatic carbocycles. The van der Waals surface area contributed by atoms with E-state index < -0.39 is 12.0 Å². The minimum atomic E-state index is -1.06. The summed E-state index contributed by atoms with van der Waals surface area (Å²) in [7, 11) is 0. The summed E-state index contributed by atoms with van der Waals surface area (Å²) in [5.41, 5.74) is 3.24. The van der Waals surface area contributed by atoms with Gasteiger partial charge < -0.3 is 15.7 Å². The van der Waals surface area contributed by atoms with E-state index in [9.17, 15) is 9.59 Å². The topological polar surface area (TPSA) is 78.4 Å². The molecule has 0 aliphatic heterocycles. The number of carbonyl (C=O) groups is 2. The zero-order valence-electron chi connectivity index (χ0n) is 9.91. The SMILES string of the molecule is Cc1ccc(C)c(CNC(=O)NCC(=O)O)c1. The summed E-state index contributed by atoms with van der Waals surface area (Å²) >= 11 is 0. The third-order valence-corrected chi connectivity index (χ3v) is 2.34. The molecule has 0 heterocycles. The third kappa shape index (κ3) is 4.55. The van der Waals surface area contributed by atoms with Crippen molar-refractivity contribution in [3.8, 4) is 0 Å². The van der Waals surface area contributed by atoms with Gasteiger partial charge in [-0.3, -0.25) is 4.79 Å². The average Bonchev–Trinajstić information content (AvgIpc) is 2.27. The monoisotopic (exact) mass is 236 g/mol. The fraction of sp³-hybridized carbons (Fsp3) is 0.333. The van der Waals surface area contributed by atoms with Crippen LogP contribution in [0.4, 0.5) is 4.79 Å². The summed E-state index contributed by atoms with van der Waals surface area (Å²) in [6.45, 7) is 3.96. The number of benzene rings is 1. The maximum absolute atomic E-state index is 11.2. The molecule has 0 fully saturated rings. The highest BCUT2D eigenvalue weighted by atomic mass is 16.4. The first-order valence-corrected chi connectivity index (χ1v) is 5.28. The molecule has 0 aromatic heterocycles. The van der Waals surface area contributed by atoms with Crippen molar-refractivity contribution in [2.45, 2.75) is 20.4 Å². The quantitative estimate of drug-likeness (QED) is 0.734. The fourth-order valence-corrected chi connectivity index (χ4v) is 1.38. The van der Waals surface area contributed by atoms with Gasteiger partial charge in [-0.1, -0.05) is 23.8 Å². The van der Waals surface area contributed by atoms with Gasteiger partial charge in [0, 0.05) is 6.54 Å². The van der Waals surface area contributed by atoms with E-state index in [2.05, 4.69) is 10.6 Å². The molecule has 1 aromatic rings. The van der Waals surface area contributed by atoms with Crippen LogP contribution in [0.15, 0.2) is 18.2 Å². The number of carboxylic acid groups (broad SMARTS) is 1. The molecule has 0 bridgehead atoms. The minimum absolute atomic E-state index is 0.376. The number of urea groups is 1. The van der Waals surface area contributed by atoms with Crippen LogP contribution < -0.4 is 10.6 Å². The van der Waals surface area contributed by atoms with Gasteiger partial charge in [0.25, 0.3) is 0 Å². The Bertz CT molecular complexity index is 430. The van der Waals surface area contributed by atoms with Crippen molar-refractivity contribution in [2.24, 2.45) is 0 Å². The summed E-state index contributed by atoms with van der Waals surface area (Å²) in [6, 6.07) is 5.51. The molecule has 0 radical (unpaired) electrons. The Balaban J connectivity index is 2.47. The molecule has 92 valence electrons. The standard InChI is InChI=1S/C12H16N2O3/c1-8-3-4-9(2)10(5-8)6-13-12(17)14-7-11(15)16/h3-5H,6-7H2,1-2H3,(H,15,16)(H2,13,14,17). The van der Waals surface area contributed by atoms with Gasteiger partial charge in [-0.25, -0.2) is 4.79 Å². The highest BCUT2D eigenvalue weighted by molar-refractivity contribution is 5.79. The summed E-state index contributed by atoms with van der Waals surface area (Å²) in [6.07, 6.45) is 0. The van der Waals surface area contributed by atoms with Gasteiger partial charge in [0.05, 0.1) is 0 Å². The molecule has 0 saturated heterocycles. The molecule has 2 amide bonds. The summed E-state index contributed by atoms with van der Waals surface area (Å²) in [4.78, 5) is 21.5. The number of carboxylic acids is 1. The molecule has 17 heavy (non-hydrogen) atoms. The van der Waals surface area contributed by atoms with Crippen molar-refractivity contribution >= 4 is 12.0 Å². The first-order chi connectivity index (χ1) is 7.99. The predicted octanol–water partition coefficient (Wildman–Crippen LogP) is 1.19. The number of carbonyl (C=O) groups excluding carboxylic acids is 1. The normalized spacial score (nSPS) is 9.76. The van der Waals surface area contributed by atoms with Crippen molar-refractivity contribution in [3.05, 3.63) is 34.9 Å². The van der Waals surface area contributed by atoms with Gasteiger partial charge in [-0.2, -0.15) is 0 Å². The second-order valence-corrected chi connectivity index (χ2v) is 3.86. The van der Waals surface area contributed by atoms with Gasteiger partial charge >= 0.3 is 12.0 Å². The lowest BCUT2D eigenvalue weighted by molar-refractivity contribution is -0.135. The van der Waals surface area contributed by atoms with Crippen LogP contribution in [0.3, 0.4) is 0 Å². The molecule has 0 saturated carbocycles. The first-order valence-electron chi connectivity index (χ1n) is 5.28. The van der Waals surface area contributed by atoms with E-state index in [0.717, 1.165) is 16.7 Å². The minimum Gasteiger partial charge on any atom is -0.480 e. The van der Waals surface area contributed by atoms with Crippen molar-refractivity contribution in [2.75, 3.05) is 6.54 Å². The van der Waals surface area contributed by atoms with E-state index in [1.54, 1.807) is 0 Å². The van der Waals surface area contributed by atoms with Crippen molar-refractivity contribution in [1.82, 2.24) is 10.6 Å². The zero-order chi connectivity index (χ0) is 12.8. The predicted molar refractivity (Wildman–Crippen MR) is 63.8 cm³/mol. The van der Waals surface area contributed by atoms with E-state index in [4.69, 9.17) is 5.11 Å². The molecule has 1 rings (SSSR count). The van der Waals surface area contributed by atoms with E-state index in [0.29, 0.717) is 6.54 Å². The first kappa shape index (κ1) is 13.0. The fourth-order valence-electron chi connectivity index (χ4n) is 1.38. The van der Waals surface area contributed by atoms with Crippen molar-refractivity contribution in [3.63, 3.8) is 0 Å². The van der Waals surface area contributed by atoms with E-state index in [-0.39, 0.29) is 6.54 Å². The molecule has 3 N–H and O–H groups in total. The number of rotatable bonds is 4. The maximum atomic E-state index is 11.2. The second kappa shape index (κ2) is 5.89. The van der Waals surface area contributed by atoms with Crippen LogP contribution in [0.25, 0.3) is 0 Å². The van der Waals surface area contributed by atoms with Crippen LogP contribution in [-0.4, -0.2) is 23.7 Å². The Morgan fingerprint density at radius 1 is 1.24 bits per heavy atom. The van der Waals surface area contributed by atoms with Crippen molar-refractivity contribution < 1.29 is 14.7 Å². The molecular weight excluding hydrogens is 220 g/mol. The molecule has 1 aromatic carbocycles. The highest BCUT2D eigenvalue weighted by Crippen LogP contribution is 2.09. The highest BCUT2D eigenvalue weighted by Gasteiger charge is 2.04. The molecule has 0 aliphatic rings. The number of hydrogen-bond donors (Lipinski definition) is 3. The number of nitrogens with one attached hydrogen (secondary N) is 2. The Morgan fingerprint density at radius 3 is 2.59 bits per heavy atom. The van der Waals surface area contributed by atoms with Crippen LogP contribution in [0, 0.1) is 13.8 Å². The summed E-state index contributed by atoms with van der Waals surface area (Å²) in [5.74, 6) is -1.06. The zero-order valence-corrected chi connectivity index (χ0v) is 9.91. The number of hydrogen-bond acceptors (Lipinski definition) is 2. The Labute approximate surface area is 99.8 Å².